The minimum atomic E-state index is -3.83. The van der Waals surface area contributed by atoms with Gasteiger partial charge in [0, 0.05) is 5.56 Å². The summed E-state index contributed by atoms with van der Waals surface area (Å²) in [6, 6.07) is 35.0. The zero-order valence-corrected chi connectivity index (χ0v) is 19.0. The van der Waals surface area contributed by atoms with Crippen molar-refractivity contribution in [2.45, 2.75) is 11.8 Å². The van der Waals surface area contributed by atoms with Gasteiger partial charge >= 0.3 is 0 Å². The average Bonchev–Trinajstić information content (AvgIpc) is 2.85. The molecule has 4 nitrogen and oxygen atoms in total. The van der Waals surface area contributed by atoms with E-state index in [0.717, 1.165) is 22.4 Å². The quantitative estimate of drug-likeness (QED) is 0.283. The number of amidine groups is 1. The van der Waals surface area contributed by atoms with Gasteiger partial charge in [0.05, 0.1) is 10.6 Å². The van der Waals surface area contributed by atoms with E-state index in [4.69, 9.17) is 4.99 Å². The first-order chi connectivity index (χ1) is 16.0. The first-order valence-electron chi connectivity index (χ1n) is 10.6. The zero-order chi connectivity index (χ0) is 23.1. The van der Waals surface area contributed by atoms with Crippen LogP contribution in [0, 0.1) is 6.92 Å². The van der Waals surface area contributed by atoms with E-state index >= 15 is 0 Å². The molecule has 4 aromatic carbocycles. The maximum absolute atomic E-state index is 13.6. The van der Waals surface area contributed by atoms with Crippen LogP contribution in [0.1, 0.15) is 16.7 Å². The molecule has 1 N–H and O–H groups in total. The van der Waals surface area contributed by atoms with Gasteiger partial charge in [0.25, 0.3) is 0 Å². The Morgan fingerprint density at radius 2 is 1.27 bits per heavy atom. The van der Waals surface area contributed by atoms with Gasteiger partial charge in [-0.25, -0.2) is 13.4 Å². The highest BCUT2D eigenvalue weighted by atomic mass is 32.2. The van der Waals surface area contributed by atoms with E-state index in [9.17, 15) is 8.42 Å². The minimum absolute atomic E-state index is 0.0511. The van der Waals surface area contributed by atoms with E-state index in [1.807, 2.05) is 91.9 Å². The van der Waals surface area contributed by atoms with Gasteiger partial charge in [-0.3, -0.25) is 0 Å². The van der Waals surface area contributed by atoms with Crippen molar-refractivity contribution in [3.8, 4) is 0 Å². The maximum atomic E-state index is 13.6. The van der Waals surface area contributed by atoms with Crippen molar-refractivity contribution in [2.75, 3.05) is 0 Å². The molecule has 0 atom stereocenters. The van der Waals surface area contributed by atoms with Crippen LogP contribution in [0.2, 0.25) is 0 Å². The monoisotopic (exact) mass is 452 g/mol. The Morgan fingerprint density at radius 1 is 0.727 bits per heavy atom. The molecule has 0 heterocycles. The van der Waals surface area contributed by atoms with Gasteiger partial charge < -0.3 is 5.32 Å². The summed E-state index contributed by atoms with van der Waals surface area (Å²) in [5, 5.41) is 3.20. The van der Waals surface area contributed by atoms with Crippen LogP contribution in [0.3, 0.4) is 0 Å². The average molecular weight is 453 g/mol. The Balaban J connectivity index is 1.85. The van der Waals surface area contributed by atoms with Crippen LogP contribution in [0.5, 0.6) is 0 Å². The molecule has 0 fully saturated rings. The van der Waals surface area contributed by atoms with Crippen LogP contribution in [0.15, 0.2) is 130 Å². The predicted molar refractivity (Wildman–Crippen MR) is 135 cm³/mol. The van der Waals surface area contributed by atoms with Gasteiger partial charge in [0.15, 0.2) is 0 Å². The highest BCUT2D eigenvalue weighted by molar-refractivity contribution is 7.95. The first-order valence-corrected chi connectivity index (χ1v) is 12.1. The normalized spacial score (nSPS) is 12.4. The Labute approximate surface area is 194 Å². The fourth-order valence-corrected chi connectivity index (χ4v) is 4.52. The molecule has 33 heavy (non-hydrogen) atoms. The lowest BCUT2D eigenvalue weighted by Crippen LogP contribution is -2.28. The number of hydrogen-bond donors (Lipinski definition) is 1. The smallest absolute Gasteiger partial charge is 0.221 e. The summed E-state index contributed by atoms with van der Waals surface area (Å²) in [4.78, 5) is 4.96. The SMILES string of the molecule is Cc1ccc(C(=Nc2ccccc2)N/C(=C/c2ccccc2)S(=O)(=O)c2ccccc2)cc1. The molecule has 0 saturated carbocycles. The van der Waals surface area contributed by atoms with Gasteiger partial charge in [0.2, 0.25) is 9.84 Å². The van der Waals surface area contributed by atoms with Gasteiger partial charge in [0.1, 0.15) is 10.9 Å². The van der Waals surface area contributed by atoms with E-state index in [1.165, 1.54) is 0 Å². The molecular weight excluding hydrogens is 428 g/mol. The highest BCUT2D eigenvalue weighted by Gasteiger charge is 2.22. The topological polar surface area (TPSA) is 58.5 Å². The van der Waals surface area contributed by atoms with Gasteiger partial charge in [-0.05, 0) is 42.8 Å². The van der Waals surface area contributed by atoms with Crippen LogP contribution in [-0.4, -0.2) is 14.3 Å². The largest absolute Gasteiger partial charge is 0.330 e. The molecule has 4 rings (SSSR count). The van der Waals surface area contributed by atoms with Crippen molar-refractivity contribution >= 4 is 27.4 Å². The standard InChI is InChI=1S/C28H24N2O2S/c1-22-17-19-24(20-18-22)28(29-25-13-7-3-8-14-25)30-27(21-23-11-5-2-6-12-23)33(31,32)26-15-9-4-10-16-26/h2-21H,1H3,(H,29,30)/b27-21-. The summed E-state index contributed by atoms with van der Waals surface area (Å²) in [5.74, 6) is 0.447. The number of nitrogens with zero attached hydrogens (tertiary/aromatic N) is 1. The second-order valence-corrected chi connectivity index (χ2v) is 9.44. The van der Waals surface area contributed by atoms with Gasteiger partial charge in [-0.1, -0.05) is 96.6 Å². The van der Waals surface area contributed by atoms with Crippen molar-refractivity contribution in [2.24, 2.45) is 4.99 Å². The molecule has 0 radical (unpaired) electrons. The Kier molecular flexibility index (Phi) is 6.81. The molecule has 0 aliphatic carbocycles. The van der Waals surface area contributed by atoms with Crippen molar-refractivity contribution in [3.05, 3.63) is 137 Å². The summed E-state index contributed by atoms with van der Waals surface area (Å²) in [5.41, 5.74) is 3.38. The third kappa shape index (κ3) is 5.64. The Morgan fingerprint density at radius 3 is 1.88 bits per heavy atom. The highest BCUT2D eigenvalue weighted by Crippen LogP contribution is 2.22. The summed E-state index contributed by atoms with van der Waals surface area (Å²) in [7, 11) is -3.83. The van der Waals surface area contributed by atoms with Crippen molar-refractivity contribution in [1.29, 1.82) is 0 Å². The molecule has 0 bridgehead atoms. The van der Waals surface area contributed by atoms with Crippen molar-refractivity contribution in [3.63, 3.8) is 0 Å². The molecular formula is C28H24N2O2S. The number of para-hydroxylation sites is 1. The first kappa shape index (κ1) is 22.2. The molecule has 0 aromatic heterocycles. The van der Waals surface area contributed by atoms with Crippen molar-refractivity contribution < 1.29 is 8.42 Å². The van der Waals surface area contributed by atoms with Gasteiger partial charge in [-0.15, -0.1) is 0 Å². The summed E-state index contributed by atoms with van der Waals surface area (Å²) < 4.78 is 27.2. The second kappa shape index (κ2) is 10.1. The van der Waals surface area contributed by atoms with Crippen LogP contribution in [0.4, 0.5) is 5.69 Å². The lowest BCUT2D eigenvalue weighted by molar-refractivity contribution is 0.600. The molecule has 164 valence electrons. The molecule has 0 amide bonds. The number of aliphatic imine (C=N–C) groups is 1. The van der Waals surface area contributed by atoms with Crippen LogP contribution >= 0.6 is 0 Å². The van der Waals surface area contributed by atoms with Crippen LogP contribution in [0.25, 0.3) is 6.08 Å². The molecule has 0 aliphatic rings. The lowest BCUT2D eigenvalue weighted by Gasteiger charge is -2.15. The summed E-state index contributed by atoms with van der Waals surface area (Å²) >= 11 is 0. The molecule has 0 spiro atoms. The lowest BCUT2D eigenvalue weighted by atomic mass is 10.1. The molecule has 0 aliphatic heterocycles. The third-order valence-electron chi connectivity index (χ3n) is 5.00. The Bertz CT molecular complexity index is 1360. The van der Waals surface area contributed by atoms with E-state index in [2.05, 4.69) is 5.32 Å². The fraction of sp³-hybridized carbons (Fsp3) is 0.0357. The maximum Gasteiger partial charge on any atom is 0.221 e. The fourth-order valence-electron chi connectivity index (χ4n) is 3.23. The number of aryl methyl sites for hydroxylation is 1. The number of rotatable bonds is 6. The summed E-state index contributed by atoms with van der Waals surface area (Å²) in [6.07, 6.45) is 1.64. The molecule has 4 aromatic rings. The number of hydrogen-bond acceptors (Lipinski definition) is 3. The third-order valence-corrected chi connectivity index (χ3v) is 6.70. The van der Waals surface area contributed by atoms with E-state index in [1.54, 1.807) is 36.4 Å². The van der Waals surface area contributed by atoms with Gasteiger partial charge in [-0.2, -0.15) is 0 Å². The molecule has 0 unspecified atom stereocenters. The summed E-state index contributed by atoms with van der Waals surface area (Å²) in [6.45, 7) is 2.01. The Hall–Kier alpha value is -3.96. The number of sulfone groups is 1. The number of benzene rings is 4. The van der Waals surface area contributed by atoms with Crippen molar-refractivity contribution in [1.82, 2.24) is 5.32 Å². The van der Waals surface area contributed by atoms with E-state index in [0.29, 0.717) is 5.84 Å². The minimum Gasteiger partial charge on any atom is -0.330 e. The van der Waals surface area contributed by atoms with Crippen LogP contribution in [-0.2, 0) is 9.84 Å². The second-order valence-electron chi connectivity index (χ2n) is 7.52. The predicted octanol–water partition coefficient (Wildman–Crippen LogP) is 6.14. The van der Waals surface area contributed by atoms with Crippen LogP contribution < -0.4 is 5.32 Å². The van der Waals surface area contributed by atoms with E-state index in [-0.39, 0.29) is 9.92 Å². The molecule has 0 saturated heterocycles. The number of nitrogens with one attached hydrogen (secondary N) is 1. The van der Waals surface area contributed by atoms with E-state index < -0.39 is 9.84 Å². The molecule has 5 heteroatoms. The zero-order valence-electron chi connectivity index (χ0n) is 18.2.